The van der Waals surface area contributed by atoms with Crippen LogP contribution in [0.25, 0.3) is 0 Å². The molecular weight excluding hydrogens is 303 g/mol. The van der Waals surface area contributed by atoms with Crippen LogP contribution in [0.2, 0.25) is 0 Å². The molecule has 1 aliphatic rings. The van der Waals surface area contributed by atoms with Crippen LogP contribution in [0.1, 0.15) is 0 Å². The molecule has 84 valence electrons. The van der Waals surface area contributed by atoms with Gasteiger partial charge in [-0.15, -0.1) is 0 Å². The number of ether oxygens (including phenoxy) is 1. The summed E-state index contributed by atoms with van der Waals surface area (Å²) in [4.78, 5) is 0. The van der Waals surface area contributed by atoms with Crippen molar-refractivity contribution in [2.75, 3.05) is 11.0 Å². The summed E-state index contributed by atoms with van der Waals surface area (Å²) in [5.74, 6) is -1.92. The molecule has 1 aliphatic heterocycles. The number of aliphatic hydroxyl groups is 5. The van der Waals surface area contributed by atoms with E-state index in [1.165, 1.54) is 0 Å². The Labute approximate surface area is 94.3 Å². The number of hydrogen-bond donors (Lipinski definition) is 5. The molecule has 1 saturated heterocycles. The molecule has 0 unspecified atom stereocenters. The maximum atomic E-state index is 9.68. The van der Waals surface area contributed by atoms with Gasteiger partial charge in [-0.25, -0.2) is 0 Å². The van der Waals surface area contributed by atoms with Crippen molar-refractivity contribution in [3.8, 4) is 0 Å². The Kier molecular flexibility index (Phi) is 4.09. The van der Waals surface area contributed by atoms with E-state index in [1.54, 1.807) is 22.6 Å². The summed E-state index contributed by atoms with van der Waals surface area (Å²) in [6.07, 6.45) is -5.61. The number of halogens is 1. The molecule has 5 N–H and O–H groups in total. The first-order valence-corrected chi connectivity index (χ1v) is 5.60. The van der Waals surface area contributed by atoms with Gasteiger partial charge in [0, 0.05) is 0 Å². The second-order valence-electron chi connectivity index (χ2n) is 3.24. The molecule has 5 atom stereocenters. The standard InChI is InChI=1S/C7H13IO6/c8-2-7(13)6(12)5(11)4(10)3(1-9)14-7/h3-6,9-13H,1-2H2/t3-,4-,5+,6+,7-/m1/s1/i8-4. The smallest absolute Gasteiger partial charge is 0.204 e. The van der Waals surface area contributed by atoms with Gasteiger partial charge in [0.05, 0.1) is 11.0 Å². The van der Waals surface area contributed by atoms with Gasteiger partial charge in [0.25, 0.3) is 0 Å². The van der Waals surface area contributed by atoms with Crippen LogP contribution < -0.4 is 0 Å². The van der Waals surface area contributed by atoms with Gasteiger partial charge in [-0.3, -0.25) is 0 Å². The molecule has 0 spiro atoms. The van der Waals surface area contributed by atoms with E-state index in [0.717, 1.165) is 0 Å². The Balaban J connectivity index is 2.84. The highest BCUT2D eigenvalue weighted by molar-refractivity contribution is 14.1. The van der Waals surface area contributed by atoms with Gasteiger partial charge in [0.1, 0.15) is 24.4 Å². The minimum Gasteiger partial charge on any atom is -0.394 e. The zero-order valence-electron chi connectivity index (χ0n) is 7.25. The topological polar surface area (TPSA) is 110 Å². The lowest BCUT2D eigenvalue weighted by molar-refractivity contribution is -0.337. The minimum absolute atomic E-state index is 0.0200. The molecule has 0 radical (unpaired) electrons. The quantitative estimate of drug-likeness (QED) is 0.287. The van der Waals surface area contributed by atoms with Crippen molar-refractivity contribution in [3.63, 3.8) is 0 Å². The van der Waals surface area contributed by atoms with Crippen LogP contribution in [0.3, 0.4) is 0 Å². The highest BCUT2D eigenvalue weighted by Crippen LogP contribution is 2.29. The molecular formula is C7H13IO6. The largest absolute Gasteiger partial charge is 0.394 e. The molecule has 1 fully saturated rings. The third-order valence-electron chi connectivity index (χ3n) is 2.24. The van der Waals surface area contributed by atoms with E-state index >= 15 is 0 Å². The van der Waals surface area contributed by atoms with Crippen LogP contribution >= 0.6 is 22.6 Å². The van der Waals surface area contributed by atoms with Crippen molar-refractivity contribution in [2.45, 2.75) is 30.2 Å². The molecule has 0 saturated carbocycles. The highest BCUT2D eigenvalue weighted by Gasteiger charge is 2.51. The molecule has 0 amide bonds. The Hall–Kier alpha value is 0.490. The molecule has 1 heterocycles. The summed E-state index contributed by atoms with van der Waals surface area (Å²) in [6.45, 7) is -0.538. The monoisotopic (exact) mass is 316 g/mol. The van der Waals surface area contributed by atoms with Gasteiger partial charge in [0.15, 0.2) is 0 Å². The van der Waals surface area contributed by atoms with Crippen molar-refractivity contribution in [2.24, 2.45) is 0 Å². The number of alkyl halides is 1. The van der Waals surface area contributed by atoms with Gasteiger partial charge in [-0.1, -0.05) is 22.6 Å². The van der Waals surface area contributed by atoms with Crippen LogP contribution in [-0.4, -0.2) is 66.8 Å². The van der Waals surface area contributed by atoms with E-state index in [2.05, 4.69) is 0 Å². The van der Waals surface area contributed by atoms with E-state index in [9.17, 15) is 20.4 Å². The molecule has 7 heteroatoms. The van der Waals surface area contributed by atoms with Crippen molar-refractivity contribution >= 4 is 22.6 Å². The fourth-order valence-corrected chi connectivity index (χ4v) is 1.96. The summed E-state index contributed by atoms with van der Waals surface area (Å²) in [5, 5.41) is 46.6. The Morgan fingerprint density at radius 3 is 2.21 bits per heavy atom. The molecule has 1 rings (SSSR count). The van der Waals surface area contributed by atoms with Crippen LogP contribution in [0, 0.1) is 0 Å². The van der Waals surface area contributed by atoms with Crippen molar-refractivity contribution in [1.29, 1.82) is 0 Å². The Bertz CT molecular complexity index is 201. The lowest BCUT2D eigenvalue weighted by Gasteiger charge is -2.44. The van der Waals surface area contributed by atoms with Gasteiger partial charge >= 0.3 is 0 Å². The molecule has 0 aliphatic carbocycles. The maximum absolute atomic E-state index is 9.68. The fraction of sp³-hybridized carbons (Fsp3) is 1.00. The first-order valence-electron chi connectivity index (χ1n) is 4.07. The second-order valence-corrected chi connectivity index (χ2v) is 4.01. The third-order valence-corrected chi connectivity index (χ3v) is 3.34. The summed E-state index contributed by atoms with van der Waals surface area (Å²) in [7, 11) is 0. The molecule has 0 bridgehead atoms. The second kappa shape index (κ2) is 4.56. The van der Waals surface area contributed by atoms with Crippen LogP contribution in [-0.2, 0) is 4.74 Å². The van der Waals surface area contributed by atoms with Crippen LogP contribution in [0.5, 0.6) is 0 Å². The van der Waals surface area contributed by atoms with Gasteiger partial charge in [-0.05, 0) is 0 Å². The average Bonchev–Trinajstić information content (AvgIpc) is 2.20. The molecule has 0 aromatic carbocycles. The van der Waals surface area contributed by atoms with E-state index < -0.39 is 36.8 Å². The van der Waals surface area contributed by atoms with Crippen LogP contribution in [0.4, 0.5) is 0 Å². The lowest BCUT2D eigenvalue weighted by Crippen LogP contribution is -2.65. The first kappa shape index (κ1) is 12.6. The highest BCUT2D eigenvalue weighted by atomic mass is 123. The van der Waals surface area contributed by atoms with Crippen LogP contribution in [0.15, 0.2) is 0 Å². The van der Waals surface area contributed by atoms with E-state index in [1.807, 2.05) is 0 Å². The molecule has 0 aromatic heterocycles. The Morgan fingerprint density at radius 1 is 1.21 bits per heavy atom. The summed E-state index contributed by atoms with van der Waals surface area (Å²) >= 11 is 1.77. The van der Waals surface area contributed by atoms with Crippen molar-refractivity contribution < 1.29 is 30.3 Å². The molecule has 14 heavy (non-hydrogen) atoms. The normalized spacial score (nSPS) is 49.3. The SMILES string of the molecule is OC[C@H]1O[C@](O)(C[123I])[C@@H](O)[C@@H](O)[C@@H]1O. The predicted octanol–water partition coefficient (Wildman–Crippen LogP) is -2.42. The molecule has 6 nitrogen and oxygen atoms in total. The van der Waals surface area contributed by atoms with Gasteiger partial charge in [0.2, 0.25) is 5.79 Å². The van der Waals surface area contributed by atoms with Crippen molar-refractivity contribution in [1.82, 2.24) is 0 Å². The Morgan fingerprint density at radius 2 is 1.79 bits per heavy atom. The average molecular weight is 316 g/mol. The zero-order chi connectivity index (χ0) is 10.9. The van der Waals surface area contributed by atoms with E-state index in [-0.39, 0.29) is 4.43 Å². The van der Waals surface area contributed by atoms with Gasteiger partial charge in [-0.2, -0.15) is 0 Å². The minimum atomic E-state index is -1.92. The lowest BCUT2D eigenvalue weighted by atomic mass is 9.94. The summed E-state index contributed by atoms with van der Waals surface area (Å²) < 4.78 is 4.93. The summed E-state index contributed by atoms with van der Waals surface area (Å²) in [5.41, 5.74) is 0. The van der Waals surface area contributed by atoms with E-state index in [4.69, 9.17) is 9.84 Å². The number of aliphatic hydroxyl groups excluding tert-OH is 4. The number of rotatable bonds is 2. The van der Waals surface area contributed by atoms with Gasteiger partial charge < -0.3 is 30.3 Å². The first-order chi connectivity index (χ1) is 6.46. The third kappa shape index (κ3) is 2.03. The number of hydrogen-bond acceptors (Lipinski definition) is 6. The summed E-state index contributed by atoms with van der Waals surface area (Å²) in [6, 6.07) is 0. The maximum Gasteiger partial charge on any atom is 0.204 e. The molecule has 0 aromatic rings. The fourth-order valence-electron chi connectivity index (χ4n) is 1.33. The zero-order valence-corrected chi connectivity index (χ0v) is 9.40. The predicted molar refractivity (Wildman–Crippen MR) is 53.8 cm³/mol. The van der Waals surface area contributed by atoms with Crippen molar-refractivity contribution in [3.05, 3.63) is 0 Å². The van der Waals surface area contributed by atoms with E-state index in [0.29, 0.717) is 0 Å².